The van der Waals surface area contributed by atoms with E-state index in [1.165, 1.54) is 11.8 Å². The van der Waals surface area contributed by atoms with E-state index in [0.717, 1.165) is 10.8 Å². The maximum atomic E-state index is 10.8. The Kier molecular flexibility index (Phi) is 3.19. The van der Waals surface area contributed by atoms with Crippen molar-refractivity contribution in [2.24, 2.45) is 0 Å². The number of phenols is 1. The topological polar surface area (TPSA) is 70.4 Å². The number of carboxylic acids is 1. The van der Waals surface area contributed by atoms with Crippen LogP contribution in [0.15, 0.2) is 35.5 Å². The molecule has 0 fully saturated rings. The number of nitrogens with zero attached hydrogens (tertiary/aromatic N) is 1. The van der Waals surface area contributed by atoms with Gasteiger partial charge in [0.05, 0.1) is 0 Å². The maximum absolute atomic E-state index is 10.8. The number of hydrogen-bond acceptors (Lipinski definition) is 4. The number of aliphatic carboxylic acids is 1. The van der Waals surface area contributed by atoms with Crippen molar-refractivity contribution in [2.75, 3.05) is 0 Å². The predicted molar refractivity (Wildman–Crippen MR) is 66.4 cm³/mol. The zero-order chi connectivity index (χ0) is 12.4. The fraction of sp³-hybridized carbons (Fsp3) is 0.167. The highest BCUT2D eigenvalue weighted by Crippen LogP contribution is 2.30. The molecule has 5 heteroatoms. The van der Waals surface area contributed by atoms with Crippen molar-refractivity contribution in [1.29, 1.82) is 0 Å². The summed E-state index contributed by atoms with van der Waals surface area (Å²) >= 11 is 1.17. The molecule has 0 bridgehead atoms. The summed E-state index contributed by atoms with van der Waals surface area (Å²) in [4.78, 5) is 15.0. The Morgan fingerprint density at radius 2 is 2.18 bits per heavy atom. The molecule has 0 aliphatic rings. The summed E-state index contributed by atoms with van der Waals surface area (Å²) in [6.45, 7) is 1.61. The van der Waals surface area contributed by atoms with E-state index in [1.54, 1.807) is 31.3 Å². The third kappa shape index (κ3) is 2.50. The lowest BCUT2D eigenvalue weighted by Gasteiger charge is -2.08. The molecule has 0 saturated carbocycles. The minimum Gasteiger partial charge on any atom is -0.508 e. The van der Waals surface area contributed by atoms with Gasteiger partial charge in [-0.25, -0.2) is 4.98 Å². The van der Waals surface area contributed by atoms with Crippen molar-refractivity contribution in [2.45, 2.75) is 17.2 Å². The summed E-state index contributed by atoms with van der Waals surface area (Å²) in [5, 5.41) is 20.1. The molecular weight excluding hydrogens is 238 g/mol. The molecule has 1 heterocycles. The van der Waals surface area contributed by atoms with E-state index in [0.29, 0.717) is 5.03 Å². The van der Waals surface area contributed by atoms with E-state index in [2.05, 4.69) is 4.98 Å². The quantitative estimate of drug-likeness (QED) is 0.818. The number of phenolic OH excluding ortho intramolecular Hbond substituents is 1. The molecule has 0 amide bonds. The average molecular weight is 249 g/mol. The Balaban J connectivity index is 2.46. The first kappa shape index (κ1) is 11.7. The second-order valence-electron chi connectivity index (χ2n) is 3.62. The van der Waals surface area contributed by atoms with Crippen molar-refractivity contribution in [3.05, 3.63) is 30.5 Å². The molecule has 2 rings (SSSR count). The lowest BCUT2D eigenvalue weighted by atomic mass is 10.2. The SMILES string of the molecule is CC(Sc1nccc2ccc(O)cc12)C(=O)O. The van der Waals surface area contributed by atoms with Crippen LogP contribution in [0.25, 0.3) is 10.8 Å². The van der Waals surface area contributed by atoms with Gasteiger partial charge in [-0.1, -0.05) is 17.8 Å². The van der Waals surface area contributed by atoms with Gasteiger partial charge in [-0.3, -0.25) is 4.79 Å². The summed E-state index contributed by atoms with van der Waals surface area (Å²) in [6, 6.07) is 6.79. The third-order valence-electron chi connectivity index (χ3n) is 2.35. The van der Waals surface area contributed by atoms with Gasteiger partial charge in [0.2, 0.25) is 0 Å². The molecule has 1 unspecified atom stereocenters. The molecule has 0 radical (unpaired) electrons. The molecule has 0 aliphatic carbocycles. The number of carboxylic acid groups (broad SMARTS) is 1. The van der Waals surface area contributed by atoms with Gasteiger partial charge in [-0.15, -0.1) is 0 Å². The van der Waals surface area contributed by atoms with Gasteiger partial charge in [0.25, 0.3) is 0 Å². The Bertz CT molecular complexity index is 571. The van der Waals surface area contributed by atoms with E-state index < -0.39 is 11.2 Å². The molecule has 1 aromatic heterocycles. The van der Waals surface area contributed by atoms with Gasteiger partial charge in [0.1, 0.15) is 16.0 Å². The van der Waals surface area contributed by atoms with Crippen LogP contribution < -0.4 is 0 Å². The Hall–Kier alpha value is -1.75. The number of aromatic hydroxyl groups is 1. The number of thioether (sulfide) groups is 1. The summed E-state index contributed by atoms with van der Waals surface area (Å²) in [5.41, 5.74) is 0. The van der Waals surface area contributed by atoms with Crippen molar-refractivity contribution in [3.63, 3.8) is 0 Å². The molecule has 0 saturated heterocycles. The molecule has 0 aliphatic heterocycles. The molecule has 2 N–H and O–H groups in total. The fourth-order valence-corrected chi connectivity index (χ4v) is 2.30. The Morgan fingerprint density at radius 3 is 2.88 bits per heavy atom. The van der Waals surface area contributed by atoms with Crippen LogP contribution in [0.5, 0.6) is 5.75 Å². The van der Waals surface area contributed by atoms with E-state index in [1.807, 2.05) is 6.07 Å². The van der Waals surface area contributed by atoms with Gasteiger partial charge >= 0.3 is 5.97 Å². The van der Waals surface area contributed by atoms with Crippen LogP contribution in [0.1, 0.15) is 6.92 Å². The number of fused-ring (bicyclic) bond motifs is 1. The van der Waals surface area contributed by atoms with Crippen molar-refractivity contribution in [3.8, 4) is 5.75 Å². The van der Waals surface area contributed by atoms with Gasteiger partial charge in [-0.2, -0.15) is 0 Å². The van der Waals surface area contributed by atoms with Crippen molar-refractivity contribution >= 4 is 28.5 Å². The Morgan fingerprint density at radius 1 is 1.41 bits per heavy atom. The molecular formula is C12H11NO3S. The first-order valence-corrected chi connectivity index (χ1v) is 5.93. The lowest BCUT2D eigenvalue weighted by Crippen LogP contribution is -2.11. The van der Waals surface area contributed by atoms with Gasteiger partial charge < -0.3 is 10.2 Å². The first-order chi connectivity index (χ1) is 8.08. The molecule has 17 heavy (non-hydrogen) atoms. The highest BCUT2D eigenvalue weighted by Gasteiger charge is 2.15. The predicted octanol–water partition coefficient (Wildman–Crippen LogP) is 2.51. The number of pyridine rings is 1. The second-order valence-corrected chi connectivity index (χ2v) is 4.95. The summed E-state index contributed by atoms with van der Waals surface area (Å²) < 4.78 is 0. The molecule has 1 aromatic carbocycles. The zero-order valence-corrected chi connectivity index (χ0v) is 9.94. The van der Waals surface area contributed by atoms with Crippen LogP contribution in [-0.4, -0.2) is 26.4 Å². The van der Waals surface area contributed by atoms with Gasteiger partial charge in [0.15, 0.2) is 0 Å². The largest absolute Gasteiger partial charge is 0.508 e. The zero-order valence-electron chi connectivity index (χ0n) is 9.12. The monoisotopic (exact) mass is 249 g/mol. The van der Waals surface area contributed by atoms with Crippen LogP contribution in [0, 0.1) is 0 Å². The van der Waals surface area contributed by atoms with E-state index >= 15 is 0 Å². The second kappa shape index (κ2) is 4.63. The fourth-order valence-electron chi connectivity index (χ4n) is 1.44. The number of benzene rings is 1. The molecule has 0 spiro atoms. The van der Waals surface area contributed by atoms with Crippen LogP contribution >= 0.6 is 11.8 Å². The van der Waals surface area contributed by atoms with Gasteiger partial charge in [0, 0.05) is 11.6 Å². The number of aromatic nitrogens is 1. The van der Waals surface area contributed by atoms with Crippen LogP contribution in [-0.2, 0) is 4.79 Å². The molecule has 2 aromatic rings. The minimum atomic E-state index is -0.881. The summed E-state index contributed by atoms with van der Waals surface area (Å²) in [6.07, 6.45) is 1.64. The maximum Gasteiger partial charge on any atom is 0.316 e. The summed E-state index contributed by atoms with van der Waals surface area (Å²) in [5.74, 6) is -0.732. The molecule has 1 atom stereocenters. The van der Waals surface area contributed by atoms with Crippen LogP contribution in [0.2, 0.25) is 0 Å². The highest BCUT2D eigenvalue weighted by atomic mass is 32.2. The van der Waals surface area contributed by atoms with Gasteiger partial charge in [-0.05, 0) is 30.5 Å². The highest BCUT2D eigenvalue weighted by molar-refractivity contribution is 8.00. The molecule has 88 valence electrons. The minimum absolute atomic E-state index is 0.148. The van der Waals surface area contributed by atoms with Crippen molar-refractivity contribution in [1.82, 2.24) is 4.98 Å². The molecule has 4 nitrogen and oxygen atoms in total. The average Bonchev–Trinajstić information content (AvgIpc) is 2.29. The first-order valence-electron chi connectivity index (χ1n) is 5.05. The third-order valence-corrected chi connectivity index (χ3v) is 3.45. The van der Waals surface area contributed by atoms with Crippen molar-refractivity contribution < 1.29 is 15.0 Å². The Labute approximate surface area is 102 Å². The van der Waals surface area contributed by atoms with Crippen LogP contribution in [0.4, 0.5) is 0 Å². The lowest BCUT2D eigenvalue weighted by molar-refractivity contribution is -0.136. The number of hydrogen-bond donors (Lipinski definition) is 2. The van der Waals surface area contributed by atoms with E-state index in [4.69, 9.17) is 5.11 Å². The standard InChI is InChI=1S/C12H11NO3S/c1-7(12(15)16)17-11-10-6-9(14)3-2-8(10)4-5-13-11/h2-7,14H,1H3,(H,15,16). The van der Waals surface area contributed by atoms with Crippen LogP contribution in [0.3, 0.4) is 0 Å². The smallest absolute Gasteiger partial charge is 0.316 e. The van der Waals surface area contributed by atoms with E-state index in [9.17, 15) is 9.90 Å². The number of carbonyl (C=O) groups is 1. The normalized spacial score (nSPS) is 12.5. The summed E-state index contributed by atoms with van der Waals surface area (Å²) in [7, 11) is 0. The number of rotatable bonds is 3. The van der Waals surface area contributed by atoms with E-state index in [-0.39, 0.29) is 5.75 Å².